The minimum absolute atomic E-state index is 0.117. The number of rotatable bonds is 4. The summed E-state index contributed by atoms with van der Waals surface area (Å²) in [7, 11) is 0. The van der Waals surface area contributed by atoms with Crippen LogP contribution in [0.2, 0.25) is 0 Å². The van der Waals surface area contributed by atoms with Crippen LogP contribution in [0, 0.1) is 0 Å². The quantitative estimate of drug-likeness (QED) is 0.478. The van der Waals surface area contributed by atoms with Crippen LogP contribution in [-0.2, 0) is 9.47 Å². The van der Waals surface area contributed by atoms with Crippen LogP contribution in [0.5, 0.6) is 0 Å². The van der Waals surface area contributed by atoms with E-state index in [1.807, 2.05) is 24.4 Å². The van der Waals surface area contributed by atoms with Crippen LogP contribution in [0.1, 0.15) is 13.8 Å². The lowest BCUT2D eigenvalue weighted by Gasteiger charge is -2.36. The van der Waals surface area contributed by atoms with Crippen LogP contribution >= 0.6 is 0 Å². The molecule has 9 nitrogen and oxygen atoms in total. The highest BCUT2D eigenvalue weighted by molar-refractivity contribution is 5.95. The minimum Gasteiger partial charge on any atom is -0.378 e. The van der Waals surface area contributed by atoms with Crippen molar-refractivity contribution in [2.45, 2.75) is 26.1 Å². The number of ether oxygens (including phenoxy) is 2. The number of hydrogen-bond donors (Lipinski definition) is 1. The number of anilines is 4. The van der Waals surface area contributed by atoms with E-state index >= 15 is 0 Å². The second-order valence-electron chi connectivity index (χ2n) is 9.20. The van der Waals surface area contributed by atoms with Gasteiger partial charge in [0.15, 0.2) is 5.65 Å². The third kappa shape index (κ3) is 4.44. The molecule has 2 atom stereocenters. The molecule has 0 bridgehead atoms. The van der Waals surface area contributed by atoms with Crippen molar-refractivity contribution < 1.29 is 9.47 Å². The smallest absolute Gasteiger partial charge is 0.229 e. The largest absolute Gasteiger partial charge is 0.378 e. The van der Waals surface area contributed by atoms with Gasteiger partial charge in [-0.1, -0.05) is 12.1 Å². The summed E-state index contributed by atoms with van der Waals surface area (Å²) in [5.41, 5.74) is 1.66. The molecule has 2 aliphatic rings. The van der Waals surface area contributed by atoms with Crippen LogP contribution in [0.15, 0.2) is 48.8 Å². The molecule has 35 heavy (non-hydrogen) atoms. The molecule has 180 valence electrons. The summed E-state index contributed by atoms with van der Waals surface area (Å²) in [6, 6.07) is 12.2. The van der Waals surface area contributed by atoms with Gasteiger partial charge in [0.1, 0.15) is 11.6 Å². The molecule has 9 heteroatoms. The molecule has 0 radical (unpaired) electrons. The van der Waals surface area contributed by atoms with Crippen molar-refractivity contribution in [1.29, 1.82) is 0 Å². The predicted molar refractivity (Wildman–Crippen MR) is 138 cm³/mol. The van der Waals surface area contributed by atoms with Gasteiger partial charge in [0, 0.05) is 55.0 Å². The monoisotopic (exact) mass is 471 g/mol. The maximum Gasteiger partial charge on any atom is 0.229 e. The average molecular weight is 472 g/mol. The van der Waals surface area contributed by atoms with Crippen molar-refractivity contribution >= 4 is 45.1 Å². The van der Waals surface area contributed by atoms with E-state index in [2.05, 4.69) is 52.1 Å². The van der Waals surface area contributed by atoms with E-state index in [0.29, 0.717) is 24.8 Å². The van der Waals surface area contributed by atoms with Gasteiger partial charge in [-0.3, -0.25) is 4.98 Å². The summed E-state index contributed by atoms with van der Waals surface area (Å²) in [6.45, 7) is 8.65. The lowest BCUT2D eigenvalue weighted by molar-refractivity contribution is -0.00570. The molecule has 2 unspecified atom stereocenters. The summed E-state index contributed by atoms with van der Waals surface area (Å²) in [5, 5.41) is 6.60. The Hall–Kier alpha value is -3.56. The standard InChI is InChI=1S/C26H29N7O2/c1-17-15-33(16-18(2)35-17)26-30-24-21(25(31-26)32-10-12-34-13-11-32)6-7-23(29-24)28-22-5-3-4-19-14-27-9-8-20(19)22/h3-9,14,17-18H,10-13,15-16H2,1-2H3,(H,28,29,30,31). The zero-order chi connectivity index (χ0) is 23.8. The molecule has 6 rings (SSSR count). The molecule has 2 saturated heterocycles. The summed E-state index contributed by atoms with van der Waals surface area (Å²) >= 11 is 0. The second kappa shape index (κ2) is 9.24. The number of fused-ring (bicyclic) bond motifs is 2. The van der Waals surface area contributed by atoms with Crippen molar-refractivity contribution in [1.82, 2.24) is 19.9 Å². The van der Waals surface area contributed by atoms with Gasteiger partial charge in [0.25, 0.3) is 0 Å². The molecule has 4 aromatic rings. The first-order chi connectivity index (χ1) is 17.1. The Morgan fingerprint density at radius 1 is 0.886 bits per heavy atom. The first kappa shape index (κ1) is 21.9. The summed E-state index contributed by atoms with van der Waals surface area (Å²) in [4.78, 5) is 23.6. The van der Waals surface area contributed by atoms with E-state index in [4.69, 9.17) is 24.4 Å². The first-order valence-corrected chi connectivity index (χ1v) is 12.2. The van der Waals surface area contributed by atoms with E-state index in [0.717, 1.165) is 59.7 Å². The topological polar surface area (TPSA) is 88.5 Å². The highest BCUT2D eigenvalue weighted by atomic mass is 16.5. The summed E-state index contributed by atoms with van der Waals surface area (Å²) in [6.07, 6.45) is 3.91. The predicted octanol–water partition coefficient (Wildman–Crippen LogP) is 3.77. The number of nitrogens with one attached hydrogen (secondary N) is 1. The maximum atomic E-state index is 5.94. The SMILES string of the molecule is CC1CN(c2nc(N3CCOCC3)c3ccc(Nc4cccc5cnccc45)nc3n2)CC(C)O1. The molecule has 0 amide bonds. The molecule has 0 saturated carbocycles. The van der Waals surface area contributed by atoms with Gasteiger partial charge < -0.3 is 24.6 Å². The highest BCUT2D eigenvalue weighted by Gasteiger charge is 2.26. The molecule has 1 aromatic carbocycles. The first-order valence-electron chi connectivity index (χ1n) is 12.2. The molecular weight excluding hydrogens is 442 g/mol. The van der Waals surface area contributed by atoms with E-state index in [1.54, 1.807) is 6.20 Å². The number of aromatic nitrogens is 4. The fourth-order valence-corrected chi connectivity index (χ4v) is 4.92. The van der Waals surface area contributed by atoms with Gasteiger partial charge in [-0.2, -0.15) is 9.97 Å². The van der Waals surface area contributed by atoms with Crippen LogP contribution < -0.4 is 15.1 Å². The highest BCUT2D eigenvalue weighted by Crippen LogP contribution is 2.30. The fraction of sp³-hybridized carbons (Fsp3) is 0.385. The molecule has 5 heterocycles. The Bertz CT molecular complexity index is 1340. The molecule has 3 aromatic heterocycles. The van der Waals surface area contributed by atoms with E-state index in [-0.39, 0.29) is 12.2 Å². The number of pyridine rings is 2. The van der Waals surface area contributed by atoms with Crippen molar-refractivity contribution in [3.05, 3.63) is 48.8 Å². The third-order valence-electron chi connectivity index (χ3n) is 6.48. The number of nitrogens with zero attached hydrogens (tertiary/aromatic N) is 6. The van der Waals surface area contributed by atoms with Crippen LogP contribution in [0.3, 0.4) is 0 Å². The zero-order valence-electron chi connectivity index (χ0n) is 20.0. The number of hydrogen-bond acceptors (Lipinski definition) is 9. The van der Waals surface area contributed by atoms with Gasteiger partial charge >= 0.3 is 0 Å². The van der Waals surface area contributed by atoms with Gasteiger partial charge in [0.05, 0.1) is 30.8 Å². The Morgan fingerprint density at radius 3 is 2.54 bits per heavy atom. The van der Waals surface area contributed by atoms with Crippen LogP contribution in [-0.4, -0.2) is 71.5 Å². The van der Waals surface area contributed by atoms with E-state index in [1.165, 1.54) is 0 Å². The zero-order valence-corrected chi connectivity index (χ0v) is 20.0. The molecule has 2 aliphatic heterocycles. The van der Waals surface area contributed by atoms with Gasteiger partial charge in [-0.05, 0) is 38.1 Å². The fourth-order valence-electron chi connectivity index (χ4n) is 4.92. The van der Waals surface area contributed by atoms with E-state index < -0.39 is 0 Å². The summed E-state index contributed by atoms with van der Waals surface area (Å²) < 4.78 is 11.5. The summed E-state index contributed by atoms with van der Waals surface area (Å²) in [5.74, 6) is 2.35. The second-order valence-corrected chi connectivity index (χ2v) is 9.20. The molecule has 0 aliphatic carbocycles. The van der Waals surface area contributed by atoms with Crippen LogP contribution in [0.4, 0.5) is 23.3 Å². The van der Waals surface area contributed by atoms with Gasteiger partial charge in [0.2, 0.25) is 5.95 Å². The van der Waals surface area contributed by atoms with Crippen molar-refractivity contribution in [2.24, 2.45) is 0 Å². The van der Waals surface area contributed by atoms with Crippen molar-refractivity contribution in [3.63, 3.8) is 0 Å². The molecule has 2 fully saturated rings. The van der Waals surface area contributed by atoms with Crippen molar-refractivity contribution in [3.8, 4) is 0 Å². The Balaban J connectivity index is 1.42. The van der Waals surface area contributed by atoms with Crippen LogP contribution in [0.25, 0.3) is 21.8 Å². The Labute approximate surface area is 204 Å². The molecule has 1 N–H and O–H groups in total. The molecule has 0 spiro atoms. The normalized spacial score (nSPS) is 21.0. The third-order valence-corrected chi connectivity index (χ3v) is 6.48. The van der Waals surface area contributed by atoms with Gasteiger partial charge in [-0.15, -0.1) is 0 Å². The van der Waals surface area contributed by atoms with E-state index in [9.17, 15) is 0 Å². The Kier molecular flexibility index (Phi) is 5.79. The lowest BCUT2D eigenvalue weighted by Crippen LogP contribution is -2.46. The molecular formula is C26H29N7O2. The minimum atomic E-state index is 0.117. The number of morpholine rings is 2. The maximum absolute atomic E-state index is 5.94. The average Bonchev–Trinajstić information content (AvgIpc) is 2.88. The lowest BCUT2D eigenvalue weighted by atomic mass is 10.1. The van der Waals surface area contributed by atoms with Crippen molar-refractivity contribution in [2.75, 3.05) is 54.5 Å². The number of benzene rings is 1. The van der Waals surface area contributed by atoms with Gasteiger partial charge in [-0.25, -0.2) is 4.98 Å². The Morgan fingerprint density at radius 2 is 1.71 bits per heavy atom.